The molecule has 4 heterocycles. The Labute approximate surface area is 143 Å². The molecular weight excluding hydrogens is 296 g/mol. The molecule has 2 aromatic carbocycles. The second kappa shape index (κ2) is 5.61. The van der Waals surface area contributed by atoms with Gasteiger partial charge in [-0.2, -0.15) is 0 Å². The molecule has 0 radical (unpaired) electrons. The zero-order chi connectivity index (χ0) is 16.1. The van der Waals surface area contributed by atoms with Crippen LogP contribution in [0.25, 0.3) is 0 Å². The summed E-state index contributed by atoms with van der Waals surface area (Å²) in [5.74, 6) is 0.756. The van der Waals surface area contributed by atoms with Gasteiger partial charge in [0.1, 0.15) is 0 Å². The van der Waals surface area contributed by atoms with Crippen LogP contribution in [0.4, 0.5) is 11.4 Å². The summed E-state index contributed by atoms with van der Waals surface area (Å²) in [6, 6.07) is 17.6. The van der Waals surface area contributed by atoms with Crippen molar-refractivity contribution in [1.29, 1.82) is 0 Å². The van der Waals surface area contributed by atoms with Crippen molar-refractivity contribution in [1.82, 2.24) is 4.90 Å². The summed E-state index contributed by atoms with van der Waals surface area (Å²) in [6.07, 6.45) is 2.88. The van der Waals surface area contributed by atoms with Crippen molar-refractivity contribution in [3.8, 4) is 0 Å². The van der Waals surface area contributed by atoms with Crippen LogP contribution in [0.1, 0.15) is 30.1 Å². The maximum Gasteiger partial charge on any atom is 0.0851 e. The number of nitrogens with zero attached hydrogens (tertiary/aromatic N) is 2. The van der Waals surface area contributed by atoms with Gasteiger partial charge in [-0.15, -0.1) is 0 Å². The molecule has 6 rings (SSSR count). The number of benzene rings is 2. The van der Waals surface area contributed by atoms with Gasteiger partial charge in [-0.25, -0.2) is 0 Å². The largest absolute Gasteiger partial charge is 0.388 e. The van der Waals surface area contributed by atoms with E-state index in [9.17, 15) is 5.11 Å². The highest BCUT2D eigenvalue weighted by Gasteiger charge is 2.40. The Bertz CT molecular complexity index is 751. The van der Waals surface area contributed by atoms with Crippen molar-refractivity contribution >= 4 is 11.4 Å². The Hall–Kier alpha value is -1.84. The molecule has 4 aliphatic rings. The van der Waals surface area contributed by atoms with Crippen molar-refractivity contribution in [2.45, 2.75) is 31.4 Å². The van der Waals surface area contributed by atoms with Gasteiger partial charge in [-0.3, -0.25) is 0 Å². The van der Waals surface area contributed by atoms with Gasteiger partial charge in [-0.05, 0) is 49.5 Å². The fourth-order valence-electron chi connectivity index (χ4n) is 4.94. The first-order valence-corrected chi connectivity index (χ1v) is 9.18. The number of para-hydroxylation sites is 2. The van der Waals surface area contributed by atoms with Gasteiger partial charge < -0.3 is 14.9 Å². The van der Waals surface area contributed by atoms with E-state index < -0.39 is 6.10 Å². The molecule has 2 aromatic rings. The average molecular weight is 320 g/mol. The van der Waals surface area contributed by atoms with E-state index in [0.29, 0.717) is 12.5 Å². The Morgan fingerprint density at radius 1 is 0.875 bits per heavy atom. The standard InChI is InChI=1S/C21H24N2O/c24-21-13-16-5-1-3-7-18(16)23(19-8-4-2-6-17(19)21)20-14-22-11-9-15(20)10-12-22/h1-8,15,20-21,24H,9-14H2/t20?,21-/m0/s1. The molecule has 4 aliphatic heterocycles. The minimum absolute atomic E-state index is 0.423. The van der Waals surface area contributed by atoms with E-state index in [1.165, 1.54) is 42.9 Å². The minimum atomic E-state index is -0.423. The number of hydrogen-bond acceptors (Lipinski definition) is 3. The Morgan fingerprint density at radius 3 is 2.33 bits per heavy atom. The first kappa shape index (κ1) is 14.5. The molecule has 0 aliphatic carbocycles. The highest BCUT2D eigenvalue weighted by molar-refractivity contribution is 5.72. The quantitative estimate of drug-likeness (QED) is 0.871. The van der Waals surface area contributed by atoms with E-state index in [1.54, 1.807) is 0 Å². The topological polar surface area (TPSA) is 26.7 Å². The average Bonchev–Trinajstić information content (AvgIpc) is 2.77. The van der Waals surface area contributed by atoms with Gasteiger partial charge in [0.2, 0.25) is 0 Å². The van der Waals surface area contributed by atoms with E-state index in [1.807, 2.05) is 6.07 Å². The van der Waals surface area contributed by atoms with E-state index in [2.05, 4.69) is 52.3 Å². The molecule has 124 valence electrons. The van der Waals surface area contributed by atoms with Gasteiger partial charge in [0.05, 0.1) is 6.10 Å². The van der Waals surface area contributed by atoms with Gasteiger partial charge in [-0.1, -0.05) is 36.4 Å². The van der Waals surface area contributed by atoms with Gasteiger partial charge in [0.25, 0.3) is 0 Å². The number of anilines is 2. The van der Waals surface area contributed by atoms with Crippen LogP contribution in [-0.4, -0.2) is 35.7 Å². The lowest BCUT2D eigenvalue weighted by Gasteiger charge is -2.50. The Kier molecular flexibility index (Phi) is 3.39. The van der Waals surface area contributed by atoms with Crippen molar-refractivity contribution < 1.29 is 5.11 Å². The number of aliphatic hydroxyl groups is 1. The molecule has 3 nitrogen and oxygen atoms in total. The van der Waals surface area contributed by atoms with Gasteiger partial charge in [0, 0.05) is 35.9 Å². The second-order valence-corrected chi connectivity index (χ2v) is 7.48. The summed E-state index contributed by atoms with van der Waals surface area (Å²) in [4.78, 5) is 5.16. The third-order valence-corrected chi connectivity index (χ3v) is 6.17. The zero-order valence-electron chi connectivity index (χ0n) is 13.9. The Morgan fingerprint density at radius 2 is 1.58 bits per heavy atom. The molecule has 0 amide bonds. The molecule has 24 heavy (non-hydrogen) atoms. The van der Waals surface area contributed by atoms with Crippen LogP contribution in [0.5, 0.6) is 0 Å². The van der Waals surface area contributed by atoms with Crippen LogP contribution in [0.2, 0.25) is 0 Å². The molecule has 0 spiro atoms. The lowest BCUT2D eigenvalue weighted by Crippen LogP contribution is -2.56. The molecule has 0 saturated carbocycles. The fourth-order valence-corrected chi connectivity index (χ4v) is 4.94. The molecule has 1 N–H and O–H groups in total. The Balaban J connectivity index is 1.69. The highest BCUT2D eigenvalue weighted by atomic mass is 16.3. The predicted molar refractivity (Wildman–Crippen MR) is 96.6 cm³/mol. The van der Waals surface area contributed by atoms with E-state index in [0.717, 1.165) is 18.0 Å². The SMILES string of the molecule is O[C@H]1Cc2ccccc2N(C2CN3CCC2CC3)c2ccccc21. The number of fused-ring (bicyclic) bond motifs is 5. The van der Waals surface area contributed by atoms with Gasteiger partial charge in [0.15, 0.2) is 0 Å². The second-order valence-electron chi connectivity index (χ2n) is 7.48. The molecule has 2 bridgehead atoms. The normalized spacial score (nSPS) is 31.3. The van der Waals surface area contributed by atoms with Crippen LogP contribution >= 0.6 is 0 Å². The van der Waals surface area contributed by atoms with E-state index in [4.69, 9.17) is 0 Å². The van der Waals surface area contributed by atoms with Crippen LogP contribution in [-0.2, 0) is 6.42 Å². The molecule has 0 aromatic heterocycles. The summed E-state index contributed by atoms with van der Waals surface area (Å²) in [7, 11) is 0. The van der Waals surface area contributed by atoms with Crippen molar-refractivity contribution in [2.75, 3.05) is 24.5 Å². The molecule has 3 saturated heterocycles. The number of aliphatic hydroxyl groups excluding tert-OH is 1. The first-order valence-electron chi connectivity index (χ1n) is 9.18. The van der Waals surface area contributed by atoms with Crippen LogP contribution in [0.3, 0.4) is 0 Å². The maximum absolute atomic E-state index is 10.8. The van der Waals surface area contributed by atoms with Crippen molar-refractivity contribution in [3.63, 3.8) is 0 Å². The minimum Gasteiger partial charge on any atom is -0.388 e. The maximum atomic E-state index is 10.8. The molecule has 3 fully saturated rings. The number of piperidine rings is 3. The lowest BCUT2D eigenvalue weighted by atomic mass is 9.82. The van der Waals surface area contributed by atoms with Crippen LogP contribution in [0.15, 0.2) is 48.5 Å². The molecular formula is C21H24N2O. The molecule has 3 heteroatoms. The van der Waals surface area contributed by atoms with Gasteiger partial charge >= 0.3 is 0 Å². The third-order valence-electron chi connectivity index (χ3n) is 6.17. The summed E-state index contributed by atoms with van der Waals surface area (Å²) in [5, 5.41) is 10.8. The van der Waals surface area contributed by atoms with Crippen molar-refractivity contribution in [3.05, 3.63) is 59.7 Å². The monoisotopic (exact) mass is 320 g/mol. The number of hydrogen-bond donors (Lipinski definition) is 1. The van der Waals surface area contributed by atoms with Crippen molar-refractivity contribution in [2.24, 2.45) is 5.92 Å². The molecule has 1 unspecified atom stereocenters. The van der Waals surface area contributed by atoms with Crippen LogP contribution < -0.4 is 4.90 Å². The van der Waals surface area contributed by atoms with Crippen LogP contribution in [0, 0.1) is 5.92 Å². The predicted octanol–water partition coefficient (Wildman–Crippen LogP) is 3.51. The zero-order valence-corrected chi connectivity index (χ0v) is 13.9. The summed E-state index contributed by atoms with van der Waals surface area (Å²) >= 11 is 0. The summed E-state index contributed by atoms with van der Waals surface area (Å²) in [5.41, 5.74) is 4.83. The summed E-state index contributed by atoms with van der Waals surface area (Å²) in [6.45, 7) is 3.64. The number of rotatable bonds is 1. The fraction of sp³-hybridized carbons (Fsp3) is 0.429. The van der Waals surface area contributed by atoms with E-state index in [-0.39, 0.29) is 0 Å². The van der Waals surface area contributed by atoms with E-state index >= 15 is 0 Å². The highest BCUT2D eigenvalue weighted by Crippen LogP contribution is 2.44. The summed E-state index contributed by atoms with van der Waals surface area (Å²) < 4.78 is 0. The third kappa shape index (κ3) is 2.19. The first-order chi connectivity index (χ1) is 11.8. The molecule has 2 atom stereocenters. The lowest BCUT2D eigenvalue weighted by molar-refractivity contribution is 0.0894. The smallest absolute Gasteiger partial charge is 0.0851 e.